The highest BCUT2D eigenvalue weighted by Gasteiger charge is 2.42. The van der Waals surface area contributed by atoms with Crippen molar-refractivity contribution in [3.8, 4) is 0 Å². The molecule has 3 aliphatic rings. The van der Waals surface area contributed by atoms with E-state index in [2.05, 4.69) is 30.7 Å². The minimum absolute atomic E-state index is 0.0605. The van der Waals surface area contributed by atoms with Crippen molar-refractivity contribution in [1.29, 1.82) is 0 Å². The average molecular weight is 332 g/mol. The predicted octanol–water partition coefficient (Wildman–Crippen LogP) is 0.352. The Morgan fingerprint density at radius 1 is 1.25 bits per heavy atom. The van der Waals surface area contributed by atoms with Crippen molar-refractivity contribution < 1.29 is 4.79 Å². The number of rotatable bonds is 3. The van der Waals surface area contributed by atoms with Gasteiger partial charge in [-0.25, -0.2) is 0 Å². The van der Waals surface area contributed by atoms with E-state index in [-0.39, 0.29) is 11.9 Å². The topological polar surface area (TPSA) is 83.9 Å². The molecule has 1 spiro atoms. The molecule has 4 rings (SSSR count). The molecule has 2 fully saturated rings. The third-order valence-electron chi connectivity index (χ3n) is 5.95. The molecule has 0 radical (unpaired) electrons. The van der Waals surface area contributed by atoms with Gasteiger partial charge in [-0.1, -0.05) is 6.42 Å². The molecule has 0 aliphatic carbocycles. The van der Waals surface area contributed by atoms with Crippen molar-refractivity contribution in [3.05, 3.63) is 11.6 Å². The lowest BCUT2D eigenvalue weighted by Gasteiger charge is -2.33. The summed E-state index contributed by atoms with van der Waals surface area (Å²) >= 11 is 0. The number of fused-ring (bicyclic) bond motifs is 1. The fourth-order valence-electron chi connectivity index (χ4n) is 4.41. The van der Waals surface area contributed by atoms with Gasteiger partial charge in [0.25, 0.3) is 0 Å². The van der Waals surface area contributed by atoms with Crippen LogP contribution >= 0.6 is 0 Å². The van der Waals surface area contributed by atoms with Crippen molar-refractivity contribution >= 4 is 5.91 Å². The highest BCUT2D eigenvalue weighted by Crippen LogP contribution is 2.37. The number of hydrogen-bond donors (Lipinski definition) is 3. The second-order valence-electron chi connectivity index (χ2n) is 7.60. The maximum absolute atomic E-state index is 12.6. The van der Waals surface area contributed by atoms with Crippen molar-refractivity contribution in [2.24, 2.45) is 5.41 Å². The van der Waals surface area contributed by atoms with E-state index in [1.165, 1.54) is 32.1 Å². The molecule has 24 heavy (non-hydrogen) atoms. The number of aryl methyl sites for hydroxylation is 1. The normalized spacial score (nSPS) is 26.1. The molecule has 3 N–H and O–H groups in total. The molecular weight excluding hydrogens is 304 g/mol. The van der Waals surface area contributed by atoms with Crippen LogP contribution in [-0.4, -0.2) is 46.3 Å². The minimum atomic E-state index is -0.0605. The van der Waals surface area contributed by atoms with Crippen LogP contribution in [0.1, 0.15) is 50.2 Å². The highest BCUT2D eigenvalue weighted by atomic mass is 16.2. The molecule has 0 saturated carbocycles. The molecule has 1 amide bonds. The van der Waals surface area contributed by atoms with E-state index in [1.54, 1.807) is 0 Å². The van der Waals surface area contributed by atoms with Crippen LogP contribution in [0.5, 0.6) is 0 Å². The Hall–Kier alpha value is -1.47. The Morgan fingerprint density at radius 3 is 3.00 bits per heavy atom. The molecule has 1 atom stereocenters. The summed E-state index contributed by atoms with van der Waals surface area (Å²) in [5, 5.41) is 18.5. The zero-order chi connectivity index (χ0) is 16.4. The molecule has 1 aromatic rings. The van der Waals surface area contributed by atoms with Crippen LogP contribution in [0, 0.1) is 5.41 Å². The van der Waals surface area contributed by atoms with Crippen LogP contribution in [0.15, 0.2) is 0 Å². The zero-order valence-corrected chi connectivity index (χ0v) is 14.3. The second-order valence-corrected chi connectivity index (χ2v) is 7.60. The summed E-state index contributed by atoms with van der Waals surface area (Å²) in [4.78, 5) is 12.6. The van der Waals surface area contributed by atoms with E-state index in [4.69, 9.17) is 0 Å². The van der Waals surface area contributed by atoms with Gasteiger partial charge in [-0.15, -0.1) is 10.2 Å². The first-order valence-electron chi connectivity index (χ1n) is 9.39. The monoisotopic (exact) mass is 332 g/mol. The standard InChI is InChI=1S/C17H28N6O/c24-16(13-10-17(12-20-13)5-7-18-8-6-17)19-11-15-22-21-14-4-2-1-3-9-23(14)15/h13,18,20H,1-12H2,(H,19,24)/t13-/m1/s1. The lowest BCUT2D eigenvalue weighted by Crippen LogP contribution is -2.40. The van der Waals surface area contributed by atoms with Gasteiger partial charge < -0.3 is 20.5 Å². The number of piperidine rings is 1. The number of nitrogens with zero attached hydrogens (tertiary/aromatic N) is 3. The summed E-state index contributed by atoms with van der Waals surface area (Å²) < 4.78 is 2.20. The molecule has 0 unspecified atom stereocenters. The van der Waals surface area contributed by atoms with Crippen LogP contribution in [0.2, 0.25) is 0 Å². The number of amides is 1. The Balaban J connectivity index is 1.33. The molecular formula is C17H28N6O. The van der Waals surface area contributed by atoms with Gasteiger partial charge in [0, 0.05) is 19.5 Å². The first-order valence-corrected chi connectivity index (χ1v) is 9.39. The number of carbonyl (C=O) groups excluding carboxylic acids is 1. The van der Waals surface area contributed by atoms with Crippen molar-refractivity contribution in [2.75, 3.05) is 19.6 Å². The van der Waals surface area contributed by atoms with Gasteiger partial charge >= 0.3 is 0 Å². The minimum Gasteiger partial charge on any atom is -0.347 e. The number of carbonyl (C=O) groups is 1. The quantitative estimate of drug-likeness (QED) is 0.744. The van der Waals surface area contributed by atoms with Gasteiger partial charge in [-0.3, -0.25) is 4.79 Å². The first kappa shape index (κ1) is 16.0. The fraction of sp³-hybridized carbons (Fsp3) is 0.824. The summed E-state index contributed by atoms with van der Waals surface area (Å²) in [7, 11) is 0. The Bertz CT molecular complexity index is 592. The smallest absolute Gasteiger partial charge is 0.237 e. The van der Waals surface area contributed by atoms with Crippen LogP contribution in [0.4, 0.5) is 0 Å². The lowest BCUT2D eigenvalue weighted by molar-refractivity contribution is -0.123. The maximum Gasteiger partial charge on any atom is 0.237 e. The maximum atomic E-state index is 12.6. The van der Waals surface area contributed by atoms with E-state index in [9.17, 15) is 4.79 Å². The van der Waals surface area contributed by atoms with Gasteiger partial charge in [0.1, 0.15) is 5.82 Å². The number of hydrogen-bond acceptors (Lipinski definition) is 5. The highest BCUT2D eigenvalue weighted by molar-refractivity contribution is 5.82. The molecule has 1 aromatic heterocycles. The molecule has 0 aromatic carbocycles. The molecule has 4 heterocycles. The summed E-state index contributed by atoms with van der Waals surface area (Å²) in [6, 6.07) is -0.0605. The Kier molecular flexibility index (Phi) is 4.54. The number of nitrogens with one attached hydrogen (secondary N) is 3. The van der Waals surface area contributed by atoms with Crippen LogP contribution in [0.25, 0.3) is 0 Å². The Morgan fingerprint density at radius 2 is 2.12 bits per heavy atom. The first-order chi connectivity index (χ1) is 11.8. The molecule has 0 bridgehead atoms. The van der Waals surface area contributed by atoms with E-state index in [0.29, 0.717) is 12.0 Å². The molecule has 132 valence electrons. The van der Waals surface area contributed by atoms with Crippen molar-refractivity contribution in [2.45, 2.75) is 64.1 Å². The number of aromatic nitrogens is 3. The van der Waals surface area contributed by atoms with Gasteiger partial charge in [-0.2, -0.15) is 0 Å². The van der Waals surface area contributed by atoms with E-state index in [1.807, 2.05) is 0 Å². The summed E-state index contributed by atoms with van der Waals surface area (Å²) in [5.74, 6) is 2.08. The second kappa shape index (κ2) is 6.80. The summed E-state index contributed by atoms with van der Waals surface area (Å²) in [6.45, 7) is 4.57. The van der Waals surface area contributed by atoms with Crippen LogP contribution in [-0.2, 0) is 24.3 Å². The molecule has 2 saturated heterocycles. The molecule has 3 aliphatic heterocycles. The summed E-state index contributed by atoms with van der Waals surface area (Å²) in [5.41, 5.74) is 0.319. The molecule has 7 nitrogen and oxygen atoms in total. The van der Waals surface area contributed by atoms with Crippen LogP contribution < -0.4 is 16.0 Å². The van der Waals surface area contributed by atoms with Gasteiger partial charge in [0.2, 0.25) is 5.91 Å². The van der Waals surface area contributed by atoms with Gasteiger partial charge in [-0.05, 0) is 50.6 Å². The van der Waals surface area contributed by atoms with Crippen molar-refractivity contribution in [1.82, 2.24) is 30.7 Å². The van der Waals surface area contributed by atoms with E-state index < -0.39 is 0 Å². The van der Waals surface area contributed by atoms with Crippen molar-refractivity contribution in [3.63, 3.8) is 0 Å². The lowest BCUT2D eigenvalue weighted by atomic mass is 9.77. The third kappa shape index (κ3) is 3.19. The van der Waals surface area contributed by atoms with Crippen LogP contribution in [0.3, 0.4) is 0 Å². The molecule has 7 heteroatoms. The fourth-order valence-corrected chi connectivity index (χ4v) is 4.41. The SMILES string of the molecule is O=C(NCc1nnc2n1CCCCC2)[C@H]1CC2(CCNCC2)CN1. The predicted molar refractivity (Wildman–Crippen MR) is 90.4 cm³/mol. The third-order valence-corrected chi connectivity index (χ3v) is 5.95. The zero-order valence-electron chi connectivity index (χ0n) is 14.3. The van der Waals surface area contributed by atoms with E-state index in [0.717, 1.165) is 50.7 Å². The Labute approximate surface area is 143 Å². The largest absolute Gasteiger partial charge is 0.347 e. The van der Waals surface area contributed by atoms with Gasteiger partial charge in [0.15, 0.2) is 5.82 Å². The summed E-state index contributed by atoms with van der Waals surface area (Å²) in [6.07, 6.45) is 7.90. The average Bonchev–Trinajstić information content (AvgIpc) is 3.10. The van der Waals surface area contributed by atoms with Gasteiger partial charge in [0.05, 0.1) is 12.6 Å². The van der Waals surface area contributed by atoms with E-state index >= 15 is 0 Å².